The first-order valence-corrected chi connectivity index (χ1v) is 6.74. The van der Waals surface area contributed by atoms with Crippen molar-refractivity contribution in [1.82, 2.24) is 10.3 Å². The summed E-state index contributed by atoms with van der Waals surface area (Å²) in [6.45, 7) is 4.91. The molecule has 106 valence electrons. The average molecular weight is 272 g/mol. The molecular formula is C16H20N2O2. The number of rotatable bonds is 6. The lowest BCUT2D eigenvalue weighted by Gasteiger charge is -2.12. The monoisotopic (exact) mass is 272 g/mol. The molecule has 4 nitrogen and oxygen atoms in total. The topological polar surface area (TPSA) is 54.4 Å². The van der Waals surface area contributed by atoms with E-state index in [-0.39, 0.29) is 6.61 Å². The minimum Gasteiger partial charge on any atom is -0.439 e. The minimum atomic E-state index is 0.00117. The third-order valence-electron chi connectivity index (χ3n) is 2.85. The van der Waals surface area contributed by atoms with Crippen molar-refractivity contribution in [2.75, 3.05) is 0 Å². The van der Waals surface area contributed by atoms with Crippen LogP contribution in [-0.4, -0.2) is 16.1 Å². The molecule has 0 radical (unpaired) electrons. The van der Waals surface area contributed by atoms with Crippen molar-refractivity contribution in [3.8, 4) is 11.6 Å². The van der Waals surface area contributed by atoms with Gasteiger partial charge in [0.15, 0.2) is 0 Å². The summed E-state index contributed by atoms with van der Waals surface area (Å²) in [5.74, 6) is 1.27. The molecule has 0 aliphatic carbocycles. The van der Waals surface area contributed by atoms with E-state index in [2.05, 4.69) is 24.1 Å². The smallest absolute Gasteiger partial charge is 0.223 e. The van der Waals surface area contributed by atoms with Crippen molar-refractivity contribution in [3.63, 3.8) is 0 Å². The molecule has 2 aromatic rings. The van der Waals surface area contributed by atoms with E-state index in [1.54, 1.807) is 6.20 Å². The summed E-state index contributed by atoms with van der Waals surface area (Å²) in [4.78, 5) is 4.28. The van der Waals surface area contributed by atoms with Crippen LogP contribution in [0.5, 0.6) is 11.6 Å². The Kier molecular flexibility index (Phi) is 5.09. The van der Waals surface area contributed by atoms with Gasteiger partial charge in [0.25, 0.3) is 0 Å². The second-order valence-electron chi connectivity index (χ2n) is 4.91. The Hall–Kier alpha value is -1.91. The minimum absolute atomic E-state index is 0.00117. The Morgan fingerprint density at radius 3 is 2.85 bits per heavy atom. The van der Waals surface area contributed by atoms with Crippen LogP contribution in [0.15, 0.2) is 42.6 Å². The second-order valence-corrected chi connectivity index (χ2v) is 4.91. The average Bonchev–Trinajstić information content (AvgIpc) is 2.46. The van der Waals surface area contributed by atoms with E-state index in [0.29, 0.717) is 24.2 Å². The Morgan fingerprint density at radius 1 is 1.25 bits per heavy atom. The van der Waals surface area contributed by atoms with Crippen LogP contribution in [0.4, 0.5) is 0 Å². The maximum Gasteiger partial charge on any atom is 0.223 e. The number of nitrogens with zero attached hydrogens (tertiary/aromatic N) is 1. The number of benzene rings is 1. The molecule has 0 spiro atoms. The molecule has 2 N–H and O–H groups in total. The Labute approximate surface area is 119 Å². The molecule has 0 saturated heterocycles. The van der Waals surface area contributed by atoms with Gasteiger partial charge in [0, 0.05) is 24.3 Å². The zero-order valence-corrected chi connectivity index (χ0v) is 11.8. The SMILES string of the molecule is CC(C)NCc1cccnc1Oc1cccc(CO)c1. The Balaban J connectivity index is 2.15. The van der Waals surface area contributed by atoms with Crippen LogP contribution in [0.2, 0.25) is 0 Å². The molecule has 0 aliphatic heterocycles. The van der Waals surface area contributed by atoms with Gasteiger partial charge in [0.1, 0.15) is 5.75 Å². The van der Waals surface area contributed by atoms with Crippen LogP contribution in [0.25, 0.3) is 0 Å². The fourth-order valence-electron chi connectivity index (χ4n) is 1.78. The summed E-state index contributed by atoms with van der Waals surface area (Å²) in [6.07, 6.45) is 1.71. The van der Waals surface area contributed by atoms with Gasteiger partial charge in [-0.3, -0.25) is 0 Å². The fourth-order valence-corrected chi connectivity index (χ4v) is 1.78. The van der Waals surface area contributed by atoms with Crippen molar-refractivity contribution >= 4 is 0 Å². The highest BCUT2D eigenvalue weighted by Crippen LogP contribution is 2.23. The summed E-state index contributed by atoms with van der Waals surface area (Å²) >= 11 is 0. The first-order chi connectivity index (χ1) is 9.69. The van der Waals surface area contributed by atoms with Gasteiger partial charge in [-0.15, -0.1) is 0 Å². The van der Waals surface area contributed by atoms with E-state index < -0.39 is 0 Å². The highest BCUT2D eigenvalue weighted by Gasteiger charge is 2.07. The number of hydrogen-bond acceptors (Lipinski definition) is 4. The molecule has 0 fully saturated rings. The van der Waals surface area contributed by atoms with E-state index in [4.69, 9.17) is 9.84 Å². The molecule has 4 heteroatoms. The quantitative estimate of drug-likeness (QED) is 0.849. The molecule has 1 heterocycles. The van der Waals surface area contributed by atoms with Crippen molar-refractivity contribution in [2.45, 2.75) is 33.0 Å². The molecule has 2 rings (SSSR count). The number of ether oxygens (including phenoxy) is 1. The number of pyridine rings is 1. The van der Waals surface area contributed by atoms with E-state index in [1.165, 1.54) is 0 Å². The third-order valence-corrected chi connectivity index (χ3v) is 2.85. The van der Waals surface area contributed by atoms with Gasteiger partial charge in [-0.1, -0.05) is 32.0 Å². The van der Waals surface area contributed by atoms with Crippen molar-refractivity contribution < 1.29 is 9.84 Å². The summed E-state index contributed by atoms with van der Waals surface area (Å²) in [7, 11) is 0. The van der Waals surface area contributed by atoms with Gasteiger partial charge < -0.3 is 15.2 Å². The highest BCUT2D eigenvalue weighted by molar-refractivity contribution is 5.34. The second kappa shape index (κ2) is 7.03. The van der Waals surface area contributed by atoms with Crippen molar-refractivity contribution in [2.24, 2.45) is 0 Å². The van der Waals surface area contributed by atoms with Crippen molar-refractivity contribution in [3.05, 3.63) is 53.7 Å². The van der Waals surface area contributed by atoms with E-state index >= 15 is 0 Å². The van der Waals surface area contributed by atoms with Crippen molar-refractivity contribution in [1.29, 1.82) is 0 Å². The zero-order valence-electron chi connectivity index (χ0n) is 11.8. The molecule has 1 aromatic carbocycles. The summed E-state index contributed by atoms with van der Waals surface area (Å²) in [5, 5.41) is 12.5. The first kappa shape index (κ1) is 14.5. The van der Waals surface area contributed by atoms with Crippen LogP contribution in [0, 0.1) is 0 Å². The van der Waals surface area contributed by atoms with Gasteiger partial charge in [-0.2, -0.15) is 0 Å². The van der Waals surface area contributed by atoms with E-state index in [0.717, 1.165) is 11.1 Å². The maximum atomic E-state index is 9.15. The molecule has 0 saturated carbocycles. The number of nitrogens with one attached hydrogen (secondary N) is 1. The first-order valence-electron chi connectivity index (χ1n) is 6.74. The van der Waals surface area contributed by atoms with E-state index in [1.807, 2.05) is 36.4 Å². The number of aliphatic hydroxyl groups excluding tert-OH is 1. The fraction of sp³-hybridized carbons (Fsp3) is 0.312. The van der Waals surface area contributed by atoms with Crippen LogP contribution in [0.3, 0.4) is 0 Å². The van der Waals surface area contributed by atoms with Crippen LogP contribution in [-0.2, 0) is 13.2 Å². The Morgan fingerprint density at radius 2 is 2.10 bits per heavy atom. The number of aliphatic hydroxyl groups is 1. The van der Waals surface area contributed by atoms with Gasteiger partial charge in [-0.05, 0) is 23.8 Å². The molecule has 0 atom stereocenters. The zero-order chi connectivity index (χ0) is 14.4. The van der Waals surface area contributed by atoms with Crippen LogP contribution in [0.1, 0.15) is 25.0 Å². The molecule has 0 unspecified atom stereocenters. The molecule has 0 bridgehead atoms. The van der Waals surface area contributed by atoms with Gasteiger partial charge in [0.2, 0.25) is 5.88 Å². The lowest BCUT2D eigenvalue weighted by molar-refractivity contribution is 0.281. The highest BCUT2D eigenvalue weighted by atomic mass is 16.5. The Bertz CT molecular complexity index is 556. The molecule has 0 amide bonds. The molecular weight excluding hydrogens is 252 g/mol. The predicted octanol–water partition coefficient (Wildman–Crippen LogP) is 2.86. The maximum absolute atomic E-state index is 9.15. The summed E-state index contributed by atoms with van der Waals surface area (Å²) < 4.78 is 5.82. The lowest BCUT2D eigenvalue weighted by Crippen LogP contribution is -2.22. The van der Waals surface area contributed by atoms with Crippen LogP contribution < -0.4 is 10.1 Å². The molecule has 20 heavy (non-hydrogen) atoms. The normalized spacial score (nSPS) is 10.8. The number of aromatic nitrogens is 1. The van der Waals surface area contributed by atoms with Gasteiger partial charge in [0.05, 0.1) is 6.61 Å². The third kappa shape index (κ3) is 4.05. The summed E-state index contributed by atoms with van der Waals surface area (Å²) in [5.41, 5.74) is 1.83. The number of hydrogen-bond donors (Lipinski definition) is 2. The largest absolute Gasteiger partial charge is 0.439 e. The summed E-state index contributed by atoms with van der Waals surface area (Å²) in [6, 6.07) is 11.7. The standard InChI is InChI=1S/C16H20N2O2/c1-12(2)18-10-14-6-4-8-17-16(14)20-15-7-3-5-13(9-15)11-19/h3-9,12,18-19H,10-11H2,1-2H3. The predicted molar refractivity (Wildman–Crippen MR) is 78.7 cm³/mol. The molecule has 1 aromatic heterocycles. The van der Waals surface area contributed by atoms with Gasteiger partial charge >= 0.3 is 0 Å². The van der Waals surface area contributed by atoms with Crippen LogP contribution >= 0.6 is 0 Å². The molecule has 0 aliphatic rings. The van der Waals surface area contributed by atoms with E-state index in [9.17, 15) is 0 Å². The lowest BCUT2D eigenvalue weighted by atomic mass is 10.2. The van der Waals surface area contributed by atoms with Gasteiger partial charge in [-0.25, -0.2) is 4.98 Å².